The minimum atomic E-state index is -0.584. The molecule has 0 saturated heterocycles. The van der Waals surface area contributed by atoms with Gasteiger partial charge in [0.05, 0.1) is 12.6 Å². The molecule has 22 heavy (non-hydrogen) atoms. The highest BCUT2D eigenvalue weighted by atomic mass is 16.5. The number of ether oxygens (including phenoxy) is 1. The van der Waals surface area contributed by atoms with Crippen molar-refractivity contribution in [2.45, 2.75) is 33.3 Å². The third-order valence-electron chi connectivity index (χ3n) is 3.19. The van der Waals surface area contributed by atoms with Crippen molar-refractivity contribution in [2.24, 2.45) is 4.99 Å². The summed E-state index contributed by atoms with van der Waals surface area (Å²) >= 11 is 0. The van der Waals surface area contributed by atoms with Crippen molar-refractivity contribution in [3.8, 4) is 0 Å². The number of aliphatic imine (C=N–C) groups is 1. The van der Waals surface area contributed by atoms with E-state index in [0.717, 1.165) is 44.2 Å². The second-order valence-corrected chi connectivity index (χ2v) is 5.12. The smallest absolute Gasteiger partial charge is 0.191 e. The fourth-order valence-corrected chi connectivity index (χ4v) is 1.94. The normalized spacial score (nSPS) is 13.0. The van der Waals surface area contributed by atoms with Gasteiger partial charge in [0.2, 0.25) is 0 Å². The summed E-state index contributed by atoms with van der Waals surface area (Å²) in [6.45, 7) is 9.46. The molecule has 0 aromatic heterocycles. The Morgan fingerprint density at radius 2 is 1.95 bits per heavy atom. The Morgan fingerprint density at radius 3 is 2.59 bits per heavy atom. The summed E-state index contributed by atoms with van der Waals surface area (Å²) in [5.74, 6) is 0.727. The lowest BCUT2D eigenvalue weighted by molar-refractivity contribution is 0.145. The van der Waals surface area contributed by atoms with Crippen LogP contribution in [0.5, 0.6) is 0 Å². The maximum absolute atomic E-state index is 10.2. The molecule has 124 valence electrons. The van der Waals surface area contributed by atoms with Gasteiger partial charge in [0.15, 0.2) is 5.96 Å². The van der Waals surface area contributed by atoms with Crippen LogP contribution in [0.4, 0.5) is 0 Å². The minimum absolute atomic E-state index is 0.337. The van der Waals surface area contributed by atoms with Gasteiger partial charge in [-0.1, -0.05) is 29.8 Å². The largest absolute Gasteiger partial charge is 0.386 e. The van der Waals surface area contributed by atoms with Crippen LogP contribution in [0.15, 0.2) is 29.3 Å². The van der Waals surface area contributed by atoms with Crippen molar-refractivity contribution in [2.75, 3.05) is 32.8 Å². The summed E-state index contributed by atoms with van der Waals surface area (Å²) in [7, 11) is 0. The lowest BCUT2D eigenvalue weighted by Crippen LogP contribution is -2.38. The van der Waals surface area contributed by atoms with Crippen LogP contribution in [-0.4, -0.2) is 43.9 Å². The summed E-state index contributed by atoms with van der Waals surface area (Å²) in [6, 6.07) is 7.88. The van der Waals surface area contributed by atoms with E-state index in [4.69, 9.17) is 4.74 Å². The van der Waals surface area contributed by atoms with E-state index in [2.05, 4.69) is 15.6 Å². The monoisotopic (exact) mass is 307 g/mol. The molecule has 0 aliphatic carbocycles. The van der Waals surface area contributed by atoms with Crippen LogP contribution in [0.2, 0.25) is 0 Å². The predicted octanol–water partition coefficient (Wildman–Crippen LogP) is 2.01. The lowest BCUT2D eigenvalue weighted by Gasteiger charge is -2.13. The van der Waals surface area contributed by atoms with E-state index in [1.807, 2.05) is 45.0 Å². The minimum Gasteiger partial charge on any atom is -0.386 e. The summed E-state index contributed by atoms with van der Waals surface area (Å²) in [5.41, 5.74) is 2.07. The number of hydrogen-bond donors (Lipinski definition) is 3. The van der Waals surface area contributed by atoms with Crippen LogP contribution < -0.4 is 10.6 Å². The van der Waals surface area contributed by atoms with Gasteiger partial charge in [-0.2, -0.15) is 0 Å². The fourth-order valence-electron chi connectivity index (χ4n) is 1.94. The van der Waals surface area contributed by atoms with Crippen molar-refractivity contribution >= 4 is 5.96 Å². The van der Waals surface area contributed by atoms with E-state index in [-0.39, 0.29) is 0 Å². The fraction of sp³-hybridized carbons (Fsp3) is 0.588. The molecule has 3 N–H and O–H groups in total. The SMILES string of the molecule is CCNC(=NCC(O)c1ccc(C)cc1)NCCCOCC. The van der Waals surface area contributed by atoms with Gasteiger partial charge in [-0.3, -0.25) is 4.99 Å². The first kappa shape index (κ1) is 18.5. The van der Waals surface area contributed by atoms with Crippen molar-refractivity contribution in [3.63, 3.8) is 0 Å². The molecule has 0 spiro atoms. The number of benzene rings is 1. The van der Waals surface area contributed by atoms with Crippen LogP contribution in [-0.2, 0) is 4.74 Å². The third kappa shape index (κ3) is 7.43. The van der Waals surface area contributed by atoms with E-state index in [0.29, 0.717) is 6.54 Å². The standard InChI is InChI=1S/C17H29N3O2/c1-4-18-17(19-11-6-12-22-5-2)20-13-16(21)15-9-7-14(3)8-10-15/h7-10,16,21H,4-6,11-13H2,1-3H3,(H2,18,19,20). The number of hydrogen-bond acceptors (Lipinski definition) is 3. The second-order valence-electron chi connectivity index (χ2n) is 5.12. The van der Waals surface area contributed by atoms with Crippen molar-refractivity contribution in [3.05, 3.63) is 35.4 Å². The molecular weight excluding hydrogens is 278 g/mol. The van der Waals surface area contributed by atoms with Gasteiger partial charge >= 0.3 is 0 Å². The van der Waals surface area contributed by atoms with Crippen LogP contribution in [0, 0.1) is 6.92 Å². The molecule has 0 aliphatic heterocycles. The number of aliphatic hydroxyl groups excluding tert-OH is 1. The molecule has 0 saturated carbocycles. The number of nitrogens with zero attached hydrogens (tertiary/aromatic N) is 1. The topological polar surface area (TPSA) is 65.9 Å². The maximum Gasteiger partial charge on any atom is 0.191 e. The highest BCUT2D eigenvalue weighted by Gasteiger charge is 2.07. The third-order valence-corrected chi connectivity index (χ3v) is 3.19. The van der Waals surface area contributed by atoms with Crippen LogP contribution in [0.3, 0.4) is 0 Å². The predicted molar refractivity (Wildman–Crippen MR) is 91.2 cm³/mol. The van der Waals surface area contributed by atoms with Crippen LogP contribution >= 0.6 is 0 Å². The molecule has 1 aromatic rings. The average Bonchev–Trinajstić information content (AvgIpc) is 2.52. The molecule has 1 rings (SSSR count). The van der Waals surface area contributed by atoms with E-state index in [9.17, 15) is 5.11 Å². The van der Waals surface area contributed by atoms with Gasteiger partial charge in [0.25, 0.3) is 0 Å². The van der Waals surface area contributed by atoms with Crippen molar-refractivity contribution in [1.82, 2.24) is 10.6 Å². The zero-order valence-electron chi connectivity index (χ0n) is 13.9. The molecule has 0 fully saturated rings. The van der Waals surface area contributed by atoms with Gasteiger partial charge in [-0.05, 0) is 32.8 Å². The van der Waals surface area contributed by atoms with Crippen molar-refractivity contribution in [1.29, 1.82) is 0 Å². The van der Waals surface area contributed by atoms with Crippen molar-refractivity contribution < 1.29 is 9.84 Å². The first-order valence-electron chi connectivity index (χ1n) is 8.01. The van der Waals surface area contributed by atoms with E-state index in [1.54, 1.807) is 0 Å². The quantitative estimate of drug-likeness (QED) is 0.371. The molecule has 0 radical (unpaired) electrons. The molecule has 0 amide bonds. The molecule has 1 atom stereocenters. The van der Waals surface area contributed by atoms with E-state index >= 15 is 0 Å². The zero-order valence-corrected chi connectivity index (χ0v) is 13.9. The highest BCUT2D eigenvalue weighted by molar-refractivity contribution is 5.79. The van der Waals surface area contributed by atoms with Crippen LogP contribution in [0.1, 0.15) is 37.5 Å². The molecule has 0 bridgehead atoms. The average molecular weight is 307 g/mol. The zero-order chi connectivity index (χ0) is 16.2. The summed E-state index contributed by atoms with van der Waals surface area (Å²) in [5, 5.41) is 16.6. The second kappa shape index (κ2) is 11.0. The van der Waals surface area contributed by atoms with Gasteiger partial charge in [0.1, 0.15) is 0 Å². The number of aryl methyl sites for hydroxylation is 1. The lowest BCUT2D eigenvalue weighted by atomic mass is 10.1. The van der Waals surface area contributed by atoms with Gasteiger partial charge in [-0.25, -0.2) is 0 Å². The molecule has 0 aliphatic rings. The maximum atomic E-state index is 10.2. The molecule has 1 unspecified atom stereocenters. The molecule has 1 aromatic carbocycles. The first-order valence-corrected chi connectivity index (χ1v) is 8.01. The number of guanidine groups is 1. The first-order chi connectivity index (χ1) is 10.7. The number of aliphatic hydroxyl groups is 1. The molecular formula is C17H29N3O2. The van der Waals surface area contributed by atoms with E-state index in [1.165, 1.54) is 5.56 Å². The van der Waals surface area contributed by atoms with Gasteiger partial charge in [0, 0.05) is 26.3 Å². The van der Waals surface area contributed by atoms with Gasteiger partial charge in [-0.15, -0.1) is 0 Å². The summed E-state index contributed by atoms with van der Waals surface area (Å²) in [6.07, 6.45) is 0.346. The number of rotatable bonds is 9. The number of nitrogens with one attached hydrogen (secondary N) is 2. The Hall–Kier alpha value is -1.59. The Balaban J connectivity index is 2.44. The van der Waals surface area contributed by atoms with E-state index < -0.39 is 6.10 Å². The molecule has 0 heterocycles. The van der Waals surface area contributed by atoms with Crippen LogP contribution in [0.25, 0.3) is 0 Å². The Labute approximate surface area is 133 Å². The molecule has 5 heteroatoms. The Bertz CT molecular complexity index is 432. The highest BCUT2D eigenvalue weighted by Crippen LogP contribution is 2.13. The Kier molecular flexibility index (Phi) is 9.26. The molecule has 5 nitrogen and oxygen atoms in total. The summed E-state index contributed by atoms with van der Waals surface area (Å²) < 4.78 is 5.30. The Morgan fingerprint density at radius 1 is 1.23 bits per heavy atom. The van der Waals surface area contributed by atoms with Gasteiger partial charge < -0.3 is 20.5 Å². The summed E-state index contributed by atoms with van der Waals surface area (Å²) in [4.78, 5) is 4.43.